The minimum Gasteiger partial charge on any atom is -0.392 e. The Labute approximate surface area is 91.0 Å². The SMILES string of the molecule is CC(O)CN(C)Cc1ccc(CO)cc1. The maximum absolute atomic E-state index is 9.21. The molecule has 15 heavy (non-hydrogen) atoms. The molecular formula is C12H19NO2. The summed E-state index contributed by atoms with van der Waals surface area (Å²) in [6.45, 7) is 3.35. The van der Waals surface area contributed by atoms with Crippen molar-refractivity contribution in [3.63, 3.8) is 0 Å². The minimum atomic E-state index is -0.299. The molecule has 84 valence electrons. The first-order valence-electron chi connectivity index (χ1n) is 5.17. The van der Waals surface area contributed by atoms with Crippen molar-refractivity contribution in [3.8, 4) is 0 Å². The monoisotopic (exact) mass is 209 g/mol. The lowest BCUT2D eigenvalue weighted by Gasteiger charge is -2.18. The van der Waals surface area contributed by atoms with Crippen LogP contribution in [0.4, 0.5) is 0 Å². The fourth-order valence-electron chi connectivity index (χ4n) is 1.58. The van der Waals surface area contributed by atoms with Crippen LogP contribution in [-0.4, -0.2) is 34.8 Å². The van der Waals surface area contributed by atoms with Crippen molar-refractivity contribution in [3.05, 3.63) is 35.4 Å². The van der Waals surface area contributed by atoms with Crippen LogP contribution in [0.1, 0.15) is 18.1 Å². The number of likely N-dealkylation sites (N-methyl/N-ethyl adjacent to an activating group) is 1. The summed E-state index contributed by atoms with van der Waals surface area (Å²) in [6, 6.07) is 7.85. The van der Waals surface area contributed by atoms with Gasteiger partial charge >= 0.3 is 0 Å². The smallest absolute Gasteiger partial charge is 0.0681 e. The normalized spacial score (nSPS) is 13.1. The Balaban J connectivity index is 2.49. The summed E-state index contributed by atoms with van der Waals surface area (Å²) >= 11 is 0. The maximum atomic E-state index is 9.21. The molecule has 0 aromatic heterocycles. The zero-order valence-electron chi connectivity index (χ0n) is 9.35. The average molecular weight is 209 g/mol. The van der Waals surface area contributed by atoms with Gasteiger partial charge in [0.15, 0.2) is 0 Å². The van der Waals surface area contributed by atoms with Crippen LogP contribution in [0.2, 0.25) is 0 Å². The van der Waals surface area contributed by atoms with Gasteiger partial charge in [0.2, 0.25) is 0 Å². The Morgan fingerprint density at radius 2 is 1.73 bits per heavy atom. The highest BCUT2D eigenvalue weighted by Gasteiger charge is 2.03. The van der Waals surface area contributed by atoms with E-state index in [-0.39, 0.29) is 12.7 Å². The van der Waals surface area contributed by atoms with Crippen molar-refractivity contribution in [2.45, 2.75) is 26.2 Å². The van der Waals surface area contributed by atoms with E-state index >= 15 is 0 Å². The Morgan fingerprint density at radius 1 is 1.20 bits per heavy atom. The first kappa shape index (κ1) is 12.2. The lowest BCUT2D eigenvalue weighted by molar-refractivity contribution is 0.138. The van der Waals surface area contributed by atoms with Gasteiger partial charge < -0.3 is 10.2 Å². The first-order valence-corrected chi connectivity index (χ1v) is 5.17. The van der Waals surface area contributed by atoms with E-state index in [0.29, 0.717) is 6.54 Å². The third-order valence-electron chi connectivity index (χ3n) is 2.23. The van der Waals surface area contributed by atoms with Crippen molar-refractivity contribution in [1.29, 1.82) is 0 Å². The molecule has 0 saturated heterocycles. The number of benzene rings is 1. The van der Waals surface area contributed by atoms with Gasteiger partial charge in [-0.25, -0.2) is 0 Å². The summed E-state index contributed by atoms with van der Waals surface area (Å²) in [6.07, 6.45) is -0.299. The quantitative estimate of drug-likeness (QED) is 0.760. The Kier molecular flexibility index (Phi) is 4.75. The summed E-state index contributed by atoms with van der Waals surface area (Å²) < 4.78 is 0. The maximum Gasteiger partial charge on any atom is 0.0681 e. The van der Waals surface area contributed by atoms with E-state index in [0.717, 1.165) is 12.1 Å². The van der Waals surface area contributed by atoms with E-state index in [1.54, 1.807) is 6.92 Å². The number of rotatable bonds is 5. The Hall–Kier alpha value is -0.900. The minimum absolute atomic E-state index is 0.0871. The zero-order chi connectivity index (χ0) is 11.3. The molecule has 3 nitrogen and oxygen atoms in total. The Bertz CT molecular complexity index is 282. The topological polar surface area (TPSA) is 43.7 Å². The van der Waals surface area contributed by atoms with Gasteiger partial charge in [-0.15, -0.1) is 0 Å². The molecule has 3 heteroatoms. The molecule has 1 atom stereocenters. The van der Waals surface area contributed by atoms with Gasteiger partial charge in [0.25, 0.3) is 0 Å². The molecule has 1 rings (SSSR count). The lowest BCUT2D eigenvalue weighted by Crippen LogP contribution is -2.26. The van der Waals surface area contributed by atoms with Gasteiger partial charge in [-0.1, -0.05) is 24.3 Å². The molecule has 0 spiro atoms. The third-order valence-corrected chi connectivity index (χ3v) is 2.23. The van der Waals surface area contributed by atoms with Crippen LogP contribution in [-0.2, 0) is 13.2 Å². The summed E-state index contributed by atoms with van der Waals surface area (Å²) in [5, 5.41) is 18.1. The van der Waals surface area contributed by atoms with Crippen LogP contribution in [0.15, 0.2) is 24.3 Å². The van der Waals surface area contributed by atoms with Crippen LogP contribution in [0.3, 0.4) is 0 Å². The second-order valence-electron chi connectivity index (χ2n) is 4.02. The van der Waals surface area contributed by atoms with E-state index in [1.165, 1.54) is 5.56 Å². The van der Waals surface area contributed by atoms with Crippen LogP contribution >= 0.6 is 0 Å². The van der Waals surface area contributed by atoms with E-state index < -0.39 is 0 Å². The molecule has 1 aromatic carbocycles. The summed E-state index contributed by atoms with van der Waals surface area (Å²) in [4.78, 5) is 2.07. The number of hydrogen-bond acceptors (Lipinski definition) is 3. The van der Waals surface area contributed by atoms with Crippen molar-refractivity contribution in [2.24, 2.45) is 0 Å². The summed E-state index contributed by atoms with van der Waals surface area (Å²) in [7, 11) is 1.98. The van der Waals surface area contributed by atoms with Crippen molar-refractivity contribution < 1.29 is 10.2 Å². The standard InChI is InChI=1S/C12H19NO2/c1-10(15)7-13(2)8-11-3-5-12(9-14)6-4-11/h3-6,10,14-15H,7-9H2,1-2H3. The Morgan fingerprint density at radius 3 is 2.20 bits per heavy atom. The molecule has 0 aliphatic rings. The predicted octanol–water partition coefficient (Wildman–Crippen LogP) is 0.992. The number of aliphatic hydroxyl groups excluding tert-OH is 2. The van der Waals surface area contributed by atoms with E-state index in [2.05, 4.69) is 4.90 Å². The highest BCUT2D eigenvalue weighted by molar-refractivity contribution is 5.21. The molecule has 2 N–H and O–H groups in total. The predicted molar refractivity (Wildman–Crippen MR) is 60.4 cm³/mol. The zero-order valence-corrected chi connectivity index (χ0v) is 9.35. The molecular weight excluding hydrogens is 190 g/mol. The van der Waals surface area contributed by atoms with Gasteiger partial charge in [-0.2, -0.15) is 0 Å². The fourth-order valence-corrected chi connectivity index (χ4v) is 1.58. The van der Waals surface area contributed by atoms with Crippen LogP contribution < -0.4 is 0 Å². The van der Waals surface area contributed by atoms with E-state index in [4.69, 9.17) is 5.11 Å². The number of aliphatic hydroxyl groups is 2. The van der Waals surface area contributed by atoms with Gasteiger partial charge in [0.1, 0.15) is 0 Å². The summed E-state index contributed by atoms with van der Waals surface area (Å²) in [5.41, 5.74) is 2.12. The molecule has 0 aliphatic carbocycles. The van der Waals surface area contributed by atoms with Gasteiger partial charge in [0, 0.05) is 13.1 Å². The molecule has 0 fully saturated rings. The van der Waals surface area contributed by atoms with Crippen LogP contribution in [0.25, 0.3) is 0 Å². The highest BCUT2D eigenvalue weighted by atomic mass is 16.3. The van der Waals surface area contributed by atoms with Crippen molar-refractivity contribution in [2.75, 3.05) is 13.6 Å². The second-order valence-corrected chi connectivity index (χ2v) is 4.02. The number of hydrogen-bond donors (Lipinski definition) is 2. The fraction of sp³-hybridized carbons (Fsp3) is 0.500. The van der Waals surface area contributed by atoms with Gasteiger partial charge in [0.05, 0.1) is 12.7 Å². The highest BCUT2D eigenvalue weighted by Crippen LogP contribution is 2.06. The van der Waals surface area contributed by atoms with E-state index in [9.17, 15) is 5.11 Å². The largest absolute Gasteiger partial charge is 0.392 e. The molecule has 0 bridgehead atoms. The van der Waals surface area contributed by atoms with Crippen LogP contribution in [0, 0.1) is 0 Å². The van der Waals surface area contributed by atoms with Crippen molar-refractivity contribution >= 4 is 0 Å². The van der Waals surface area contributed by atoms with E-state index in [1.807, 2.05) is 31.3 Å². The second kappa shape index (κ2) is 5.85. The van der Waals surface area contributed by atoms with Crippen LogP contribution in [0.5, 0.6) is 0 Å². The van der Waals surface area contributed by atoms with Crippen molar-refractivity contribution in [1.82, 2.24) is 4.90 Å². The molecule has 0 radical (unpaired) electrons. The average Bonchev–Trinajstić information content (AvgIpc) is 2.17. The molecule has 1 aromatic rings. The first-order chi connectivity index (χ1) is 7.11. The molecule has 0 aliphatic heterocycles. The van der Waals surface area contributed by atoms with Gasteiger partial charge in [-0.3, -0.25) is 4.90 Å². The molecule has 0 amide bonds. The molecule has 1 unspecified atom stereocenters. The summed E-state index contributed by atoms with van der Waals surface area (Å²) in [5.74, 6) is 0. The molecule has 0 saturated carbocycles. The molecule has 0 heterocycles. The van der Waals surface area contributed by atoms with Gasteiger partial charge in [-0.05, 0) is 25.1 Å². The third kappa shape index (κ3) is 4.42. The number of nitrogens with zero attached hydrogens (tertiary/aromatic N) is 1. The lowest BCUT2D eigenvalue weighted by atomic mass is 10.1.